The second kappa shape index (κ2) is 7.64. The topological polar surface area (TPSA) is 54.9 Å². The van der Waals surface area contributed by atoms with Crippen molar-refractivity contribution in [3.8, 4) is 5.75 Å². The number of carbonyl (C=O) groups is 1. The van der Waals surface area contributed by atoms with Crippen LogP contribution in [0, 0.1) is 5.41 Å². The summed E-state index contributed by atoms with van der Waals surface area (Å²) in [6.45, 7) is 9.75. The molecule has 6 nitrogen and oxygen atoms in total. The average molecular weight is 321 g/mol. The van der Waals surface area contributed by atoms with E-state index in [1.807, 2.05) is 37.8 Å². The van der Waals surface area contributed by atoms with E-state index >= 15 is 0 Å². The van der Waals surface area contributed by atoms with Gasteiger partial charge in [0.05, 0.1) is 18.6 Å². The number of nitrogens with zero attached hydrogens (tertiary/aromatic N) is 3. The second-order valence-corrected chi connectivity index (χ2v) is 6.35. The maximum atomic E-state index is 12.6. The first-order chi connectivity index (χ1) is 11.0. The van der Waals surface area contributed by atoms with E-state index in [4.69, 9.17) is 9.47 Å². The van der Waals surface area contributed by atoms with Gasteiger partial charge in [0.1, 0.15) is 0 Å². The number of ether oxygens (including phenoxy) is 2. The highest BCUT2D eigenvalue weighted by Gasteiger charge is 2.34. The van der Waals surface area contributed by atoms with E-state index < -0.39 is 5.41 Å². The minimum absolute atomic E-state index is 0.144. The van der Waals surface area contributed by atoms with Crippen LogP contribution >= 0.6 is 0 Å². The summed E-state index contributed by atoms with van der Waals surface area (Å²) in [4.78, 5) is 21.2. The predicted octanol–water partition coefficient (Wildman–Crippen LogP) is 1.80. The van der Waals surface area contributed by atoms with Gasteiger partial charge in [0, 0.05) is 39.5 Å². The van der Waals surface area contributed by atoms with Crippen molar-refractivity contribution < 1.29 is 14.3 Å². The Labute approximate surface area is 138 Å². The van der Waals surface area contributed by atoms with Crippen LogP contribution in [0.2, 0.25) is 0 Å². The third-order valence-electron chi connectivity index (χ3n) is 4.00. The van der Waals surface area contributed by atoms with Gasteiger partial charge in [-0.2, -0.15) is 0 Å². The van der Waals surface area contributed by atoms with Crippen molar-refractivity contribution in [1.82, 2.24) is 9.88 Å². The van der Waals surface area contributed by atoms with E-state index in [9.17, 15) is 4.79 Å². The maximum absolute atomic E-state index is 12.6. The normalized spacial score (nSPS) is 15.7. The van der Waals surface area contributed by atoms with Crippen molar-refractivity contribution >= 4 is 11.7 Å². The smallest absolute Gasteiger partial charge is 0.230 e. The molecule has 1 saturated heterocycles. The van der Waals surface area contributed by atoms with Crippen LogP contribution in [0.5, 0.6) is 5.75 Å². The molecule has 6 heteroatoms. The van der Waals surface area contributed by atoms with Crippen molar-refractivity contribution in [2.75, 3.05) is 51.4 Å². The maximum Gasteiger partial charge on any atom is 0.230 e. The van der Waals surface area contributed by atoms with Crippen molar-refractivity contribution in [1.29, 1.82) is 0 Å². The van der Waals surface area contributed by atoms with Gasteiger partial charge in [-0.3, -0.25) is 4.79 Å². The monoisotopic (exact) mass is 321 g/mol. The van der Waals surface area contributed by atoms with E-state index in [2.05, 4.69) is 9.88 Å². The quantitative estimate of drug-likeness (QED) is 0.800. The zero-order valence-corrected chi connectivity index (χ0v) is 14.5. The molecule has 1 aromatic heterocycles. The molecule has 1 aliphatic rings. The minimum Gasteiger partial charge on any atom is -0.490 e. The molecule has 1 fully saturated rings. The van der Waals surface area contributed by atoms with Crippen molar-refractivity contribution in [2.24, 2.45) is 5.41 Å². The zero-order chi connectivity index (χ0) is 16.9. The van der Waals surface area contributed by atoms with Gasteiger partial charge in [-0.25, -0.2) is 4.98 Å². The lowest BCUT2D eigenvalue weighted by Gasteiger charge is -2.39. The molecule has 0 radical (unpaired) electrons. The molecule has 0 aliphatic carbocycles. The molecule has 23 heavy (non-hydrogen) atoms. The fourth-order valence-electron chi connectivity index (χ4n) is 2.86. The fourth-order valence-corrected chi connectivity index (χ4v) is 2.86. The molecule has 0 N–H and O–H groups in total. The molecule has 0 unspecified atom stereocenters. The van der Waals surface area contributed by atoms with Crippen LogP contribution in [0.4, 0.5) is 5.82 Å². The summed E-state index contributed by atoms with van der Waals surface area (Å²) in [7, 11) is 1.63. The lowest BCUT2D eigenvalue weighted by Crippen LogP contribution is -2.53. The number of hydrogen-bond acceptors (Lipinski definition) is 5. The van der Waals surface area contributed by atoms with Crippen LogP contribution in [0.25, 0.3) is 0 Å². The SMILES string of the molecule is CCOc1cccnc1N1CCN(C(=O)C(C)(C)COC)CC1. The Morgan fingerprint density at radius 3 is 2.61 bits per heavy atom. The zero-order valence-electron chi connectivity index (χ0n) is 14.5. The summed E-state index contributed by atoms with van der Waals surface area (Å²) >= 11 is 0. The summed E-state index contributed by atoms with van der Waals surface area (Å²) in [5, 5.41) is 0. The number of pyridine rings is 1. The van der Waals surface area contributed by atoms with E-state index in [0.29, 0.717) is 26.3 Å². The van der Waals surface area contributed by atoms with E-state index in [0.717, 1.165) is 24.7 Å². The average Bonchev–Trinajstić information content (AvgIpc) is 2.55. The highest BCUT2D eigenvalue weighted by atomic mass is 16.5. The van der Waals surface area contributed by atoms with Crippen molar-refractivity contribution in [3.63, 3.8) is 0 Å². The first kappa shape index (κ1) is 17.5. The first-order valence-corrected chi connectivity index (χ1v) is 8.10. The van der Waals surface area contributed by atoms with E-state index in [1.54, 1.807) is 13.3 Å². The molecular weight excluding hydrogens is 294 g/mol. The lowest BCUT2D eigenvalue weighted by molar-refractivity contribution is -0.143. The Hall–Kier alpha value is -1.82. The van der Waals surface area contributed by atoms with Gasteiger partial charge in [-0.1, -0.05) is 0 Å². The Bertz CT molecular complexity index is 526. The van der Waals surface area contributed by atoms with E-state index in [1.165, 1.54) is 0 Å². The molecule has 2 heterocycles. The van der Waals surface area contributed by atoms with Crippen LogP contribution in [-0.2, 0) is 9.53 Å². The number of aromatic nitrogens is 1. The first-order valence-electron chi connectivity index (χ1n) is 8.10. The number of carbonyl (C=O) groups excluding carboxylic acids is 1. The molecule has 0 bridgehead atoms. The highest BCUT2D eigenvalue weighted by Crippen LogP contribution is 2.27. The number of methoxy groups -OCH3 is 1. The number of amides is 1. The van der Waals surface area contributed by atoms with Gasteiger partial charge in [0.15, 0.2) is 11.6 Å². The molecule has 0 saturated carbocycles. The van der Waals surface area contributed by atoms with Gasteiger partial charge in [-0.05, 0) is 32.9 Å². The van der Waals surface area contributed by atoms with Gasteiger partial charge in [0.25, 0.3) is 0 Å². The lowest BCUT2D eigenvalue weighted by atomic mass is 9.92. The number of anilines is 1. The molecule has 2 rings (SSSR count). The minimum atomic E-state index is -0.488. The summed E-state index contributed by atoms with van der Waals surface area (Å²) < 4.78 is 10.8. The van der Waals surface area contributed by atoms with Crippen LogP contribution in [0.15, 0.2) is 18.3 Å². The van der Waals surface area contributed by atoms with Crippen LogP contribution in [-0.4, -0.2) is 62.3 Å². The van der Waals surface area contributed by atoms with Gasteiger partial charge in [0.2, 0.25) is 5.91 Å². The molecule has 1 aliphatic heterocycles. The Morgan fingerprint density at radius 2 is 2.00 bits per heavy atom. The van der Waals surface area contributed by atoms with E-state index in [-0.39, 0.29) is 5.91 Å². The molecule has 128 valence electrons. The standard InChI is InChI=1S/C17H27N3O3/c1-5-23-14-7-6-8-18-15(14)19-9-11-20(12-10-19)16(21)17(2,3)13-22-4/h6-8H,5,9-13H2,1-4H3. The van der Waals surface area contributed by atoms with Crippen molar-refractivity contribution in [2.45, 2.75) is 20.8 Å². The van der Waals surface area contributed by atoms with Gasteiger partial charge >= 0.3 is 0 Å². The molecule has 1 aromatic rings. The summed E-state index contributed by atoms with van der Waals surface area (Å²) in [5.41, 5.74) is -0.488. The van der Waals surface area contributed by atoms with Crippen LogP contribution in [0.3, 0.4) is 0 Å². The third-order valence-corrected chi connectivity index (χ3v) is 4.00. The molecule has 0 spiro atoms. The third kappa shape index (κ3) is 4.13. The molecule has 1 amide bonds. The van der Waals surface area contributed by atoms with Gasteiger partial charge in [-0.15, -0.1) is 0 Å². The molecule has 0 atom stereocenters. The Morgan fingerprint density at radius 1 is 1.30 bits per heavy atom. The second-order valence-electron chi connectivity index (χ2n) is 6.35. The summed E-state index contributed by atoms with van der Waals surface area (Å²) in [6, 6.07) is 3.81. The highest BCUT2D eigenvalue weighted by molar-refractivity contribution is 5.82. The largest absolute Gasteiger partial charge is 0.490 e. The fraction of sp³-hybridized carbons (Fsp3) is 0.647. The van der Waals surface area contributed by atoms with Crippen LogP contribution < -0.4 is 9.64 Å². The molecule has 0 aromatic carbocycles. The predicted molar refractivity (Wildman–Crippen MR) is 89.9 cm³/mol. The summed E-state index contributed by atoms with van der Waals surface area (Å²) in [5.74, 6) is 1.80. The molecular formula is C17H27N3O3. The van der Waals surface area contributed by atoms with Gasteiger partial charge < -0.3 is 19.3 Å². The number of rotatable bonds is 6. The number of hydrogen-bond donors (Lipinski definition) is 0. The van der Waals surface area contributed by atoms with Crippen LogP contribution in [0.1, 0.15) is 20.8 Å². The summed E-state index contributed by atoms with van der Waals surface area (Å²) in [6.07, 6.45) is 1.77. The number of piperazine rings is 1. The Kier molecular flexibility index (Phi) is 5.82. The van der Waals surface area contributed by atoms with Crippen molar-refractivity contribution in [3.05, 3.63) is 18.3 Å². The Balaban J connectivity index is 2.00.